The lowest BCUT2D eigenvalue weighted by atomic mass is 10.3. The Kier molecular flexibility index (Phi) is 1.84. The topological polar surface area (TPSA) is 46.0 Å². The maximum absolute atomic E-state index is 11.2. The average Bonchev–Trinajstić information content (AvgIpc) is 2.41. The summed E-state index contributed by atoms with van der Waals surface area (Å²) in [5.74, 6) is 0. The zero-order chi connectivity index (χ0) is 8.72. The Morgan fingerprint density at radius 3 is 2.83 bits per heavy atom. The molecule has 2 heterocycles. The maximum Gasteiger partial charge on any atom is 0.259 e. The maximum atomic E-state index is 11.2. The Bertz CT molecular complexity index is 486. The molecule has 5 heteroatoms. The molecule has 0 saturated heterocycles. The van der Waals surface area contributed by atoms with Gasteiger partial charge in [-0.2, -0.15) is 0 Å². The first-order valence-corrected chi connectivity index (χ1v) is 4.73. The van der Waals surface area contributed by atoms with Crippen molar-refractivity contribution in [1.29, 1.82) is 0 Å². The van der Waals surface area contributed by atoms with Gasteiger partial charge >= 0.3 is 0 Å². The van der Waals surface area contributed by atoms with Gasteiger partial charge in [0.1, 0.15) is 0 Å². The molecule has 3 nitrogen and oxygen atoms in total. The number of pyridine rings is 1. The molecule has 0 aliphatic carbocycles. The van der Waals surface area contributed by atoms with Gasteiger partial charge in [0, 0.05) is 12.3 Å². The molecule has 0 aromatic carbocycles. The Hall–Kier alpha value is -0.550. The van der Waals surface area contributed by atoms with Crippen LogP contribution in [0, 0.1) is 0 Å². The highest BCUT2D eigenvalue weighted by Crippen LogP contribution is 2.26. The molecule has 0 saturated carbocycles. The smallest absolute Gasteiger partial charge is 0.259 e. The summed E-state index contributed by atoms with van der Waals surface area (Å²) in [6, 6.07) is 1.64. The van der Waals surface area contributed by atoms with Crippen molar-refractivity contribution in [3.63, 3.8) is 0 Å². The first-order valence-electron chi connectivity index (χ1n) is 3.15. The molecule has 0 unspecified atom stereocenters. The number of aromatic amines is 1. The molecule has 12 heavy (non-hydrogen) atoms. The Balaban J connectivity index is 3.03. The predicted octanol–water partition coefficient (Wildman–Crippen LogP) is 2.65. The number of nitrogens with one attached hydrogen (secondary N) is 1. The number of halogens is 2. The SMILES string of the molecule is O=c1[nH]cc(Br)c2oc(Br)cc12. The fraction of sp³-hybridized carbons (Fsp3) is 0. The average molecular weight is 293 g/mol. The van der Waals surface area contributed by atoms with Crippen LogP contribution in [0.15, 0.2) is 30.6 Å². The summed E-state index contributed by atoms with van der Waals surface area (Å²) in [4.78, 5) is 13.8. The third-order valence-electron chi connectivity index (χ3n) is 1.49. The lowest BCUT2D eigenvalue weighted by molar-refractivity contribution is 0.585. The summed E-state index contributed by atoms with van der Waals surface area (Å²) in [7, 11) is 0. The summed E-state index contributed by atoms with van der Waals surface area (Å²) < 4.78 is 6.52. The monoisotopic (exact) mass is 291 g/mol. The van der Waals surface area contributed by atoms with Crippen LogP contribution in [0.25, 0.3) is 11.0 Å². The van der Waals surface area contributed by atoms with E-state index in [0.29, 0.717) is 15.6 Å². The van der Waals surface area contributed by atoms with Gasteiger partial charge in [0.2, 0.25) is 0 Å². The van der Waals surface area contributed by atoms with E-state index in [1.807, 2.05) is 0 Å². The van der Waals surface area contributed by atoms with Crippen molar-refractivity contribution in [2.45, 2.75) is 0 Å². The van der Waals surface area contributed by atoms with Gasteiger partial charge in [-0.05, 0) is 31.9 Å². The zero-order valence-corrected chi connectivity index (χ0v) is 8.90. The molecule has 0 fully saturated rings. The third-order valence-corrected chi connectivity index (χ3v) is 2.47. The van der Waals surface area contributed by atoms with Crippen molar-refractivity contribution >= 4 is 42.8 Å². The van der Waals surface area contributed by atoms with E-state index in [-0.39, 0.29) is 5.56 Å². The summed E-state index contributed by atoms with van der Waals surface area (Å²) >= 11 is 6.41. The predicted molar refractivity (Wildman–Crippen MR) is 52.2 cm³/mol. The van der Waals surface area contributed by atoms with E-state index < -0.39 is 0 Å². The van der Waals surface area contributed by atoms with Gasteiger partial charge < -0.3 is 9.40 Å². The molecule has 0 radical (unpaired) electrons. The van der Waals surface area contributed by atoms with Gasteiger partial charge in [-0.1, -0.05) is 0 Å². The van der Waals surface area contributed by atoms with Crippen LogP contribution < -0.4 is 5.56 Å². The third kappa shape index (κ3) is 1.13. The lowest BCUT2D eigenvalue weighted by Crippen LogP contribution is -2.02. The number of hydrogen-bond acceptors (Lipinski definition) is 2. The minimum atomic E-state index is -0.150. The second-order valence-corrected chi connectivity index (χ2v) is 3.89. The highest BCUT2D eigenvalue weighted by atomic mass is 79.9. The fourth-order valence-electron chi connectivity index (χ4n) is 0.979. The van der Waals surface area contributed by atoms with E-state index in [1.165, 1.54) is 0 Å². The molecule has 0 bridgehead atoms. The van der Waals surface area contributed by atoms with Gasteiger partial charge in [0.05, 0.1) is 9.86 Å². The molecular weight excluding hydrogens is 290 g/mol. The number of furan rings is 1. The van der Waals surface area contributed by atoms with Gasteiger partial charge in [-0.15, -0.1) is 0 Å². The molecule has 0 atom stereocenters. The van der Waals surface area contributed by atoms with Crippen molar-refractivity contribution in [3.8, 4) is 0 Å². The van der Waals surface area contributed by atoms with Crippen LogP contribution >= 0.6 is 31.9 Å². The van der Waals surface area contributed by atoms with Crippen LogP contribution in [-0.4, -0.2) is 4.98 Å². The zero-order valence-electron chi connectivity index (χ0n) is 5.73. The highest BCUT2D eigenvalue weighted by molar-refractivity contribution is 9.11. The van der Waals surface area contributed by atoms with Crippen molar-refractivity contribution in [3.05, 3.63) is 31.8 Å². The van der Waals surface area contributed by atoms with E-state index in [4.69, 9.17) is 4.42 Å². The number of rotatable bonds is 0. The van der Waals surface area contributed by atoms with Crippen LogP contribution in [0.3, 0.4) is 0 Å². The number of fused-ring (bicyclic) bond motifs is 1. The van der Waals surface area contributed by atoms with E-state index in [1.54, 1.807) is 12.3 Å². The van der Waals surface area contributed by atoms with Crippen LogP contribution in [0.2, 0.25) is 0 Å². The standard InChI is InChI=1S/C7H3Br2NO2/c8-4-2-10-7(11)3-1-5(9)12-6(3)4/h1-2H,(H,10,11). The van der Waals surface area contributed by atoms with Crippen LogP contribution in [0.1, 0.15) is 0 Å². The fourth-order valence-corrected chi connectivity index (χ4v) is 1.78. The van der Waals surface area contributed by atoms with Gasteiger partial charge in [0.25, 0.3) is 5.56 Å². The normalized spacial score (nSPS) is 10.8. The lowest BCUT2D eigenvalue weighted by Gasteiger charge is -1.89. The van der Waals surface area contributed by atoms with Crippen LogP contribution in [0.4, 0.5) is 0 Å². The quantitative estimate of drug-likeness (QED) is 0.811. The molecule has 0 aliphatic heterocycles. The Labute approximate surface area is 84.0 Å². The number of aromatic nitrogens is 1. The Morgan fingerprint density at radius 1 is 1.42 bits per heavy atom. The molecule has 0 spiro atoms. The van der Waals surface area contributed by atoms with Gasteiger partial charge in [0.15, 0.2) is 10.3 Å². The molecule has 0 amide bonds. The summed E-state index contributed by atoms with van der Waals surface area (Å²) in [6.45, 7) is 0. The minimum Gasteiger partial charge on any atom is -0.448 e. The first-order chi connectivity index (χ1) is 5.68. The highest BCUT2D eigenvalue weighted by Gasteiger charge is 2.07. The largest absolute Gasteiger partial charge is 0.448 e. The molecular formula is C7H3Br2NO2. The van der Waals surface area contributed by atoms with Gasteiger partial charge in [-0.3, -0.25) is 4.79 Å². The van der Waals surface area contributed by atoms with E-state index in [2.05, 4.69) is 36.8 Å². The van der Waals surface area contributed by atoms with Crippen molar-refractivity contribution in [2.75, 3.05) is 0 Å². The van der Waals surface area contributed by atoms with Gasteiger partial charge in [-0.25, -0.2) is 0 Å². The van der Waals surface area contributed by atoms with Crippen LogP contribution in [0.5, 0.6) is 0 Å². The second-order valence-electron chi connectivity index (χ2n) is 2.26. The molecule has 2 aromatic heterocycles. The van der Waals surface area contributed by atoms with E-state index in [0.717, 1.165) is 4.47 Å². The number of H-pyrrole nitrogens is 1. The van der Waals surface area contributed by atoms with Crippen molar-refractivity contribution in [1.82, 2.24) is 4.98 Å². The van der Waals surface area contributed by atoms with Crippen LogP contribution in [-0.2, 0) is 0 Å². The minimum absolute atomic E-state index is 0.150. The van der Waals surface area contributed by atoms with E-state index in [9.17, 15) is 4.79 Å². The molecule has 2 aromatic rings. The summed E-state index contributed by atoms with van der Waals surface area (Å²) in [5.41, 5.74) is 0.410. The van der Waals surface area contributed by atoms with E-state index >= 15 is 0 Å². The second kappa shape index (κ2) is 2.74. The summed E-state index contributed by atoms with van der Waals surface area (Å²) in [6.07, 6.45) is 1.56. The molecule has 62 valence electrons. The Morgan fingerprint density at radius 2 is 2.17 bits per heavy atom. The first kappa shape index (κ1) is 8.07. The number of hydrogen-bond donors (Lipinski definition) is 1. The summed E-state index contributed by atoms with van der Waals surface area (Å²) in [5, 5.41) is 0.538. The van der Waals surface area contributed by atoms with Crippen molar-refractivity contribution in [2.24, 2.45) is 0 Å². The molecule has 0 aliphatic rings. The molecule has 2 rings (SSSR count). The molecule has 1 N–H and O–H groups in total. The van der Waals surface area contributed by atoms with Crippen molar-refractivity contribution < 1.29 is 4.42 Å².